The van der Waals surface area contributed by atoms with Crippen LogP contribution in [0, 0.1) is 0 Å². The van der Waals surface area contributed by atoms with Crippen LogP contribution in [0.25, 0.3) is 0 Å². The highest BCUT2D eigenvalue weighted by atomic mass is 79.9. The van der Waals surface area contributed by atoms with E-state index in [0.717, 1.165) is 6.42 Å². The van der Waals surface area contributed by atoms with E-state index in [1.165, 1.54) is 10.4 Å². The molecule has 112 valence electrons. The van der Waals surface area contributed by atoms with Gasteiger partial charge in [-0.25, -0.2) is 8.42 Å². The van der Waals surface area contributed by atoms with Crippen LogP contribution >= 0.6 is 15.9 Å². The SMILES string of the molecule is CCC1CN(S(=O)(=O)c2ccc(CO)cc2Br)CCO1. The van der Waals surface area contributed by atoms with E-state index in [0.29, 0.717) is 29.7 Å². The number of ether oxygens (including phenoxy) is 1. The molecule has 0 aromatic heterocycles. The second-order valence-corrected chi connectivity index (χ2v) is 7.45. The first kappa shape index (κ1) is 15.9. The maximum absolute atomic E-state index is 12.6. The van der Waals surface area contributed by atoms with Gasteiger partial charge in [-0.05, 0) is 40.0 Å². The van der Waals surface area contributed by atoms with E-state index in [1.807, 2.05) is 6.92 Å². The second-order valence-electron chi connectivity index (χ2n) is 4.69. The summed E-state index contributed by atoms with van der Waals surface area (Å²) in [6, 6.07) is 4.78. The number of halogens is 1. The predicted molar refractivity (Wildman–Crippen MR) is 78.9 cm³/mol. The molecule has 0 bridgehead atoms. The van der Waals surface area contributed by atoms with Crippen LogP contribution in [0.2, 0.25) is 0 Å². The lowest BCUT2D eigenvalue weighted by atomic mass is 10.2. The minimum absolute atomic E-state index is 0.0472. The molecule has 0 aliphatic carbocycles. The van der Waals surface area contributed by atoms with E-state index in [1.54, 1.807) is 12.1 Å². The van der Waals surface area contributed by atoms with Crippen LogP contribution in [0.5, 0.6) is 0 Å². The molecule has 1 aliphatic heterocycles. The normalized spacial score (nSPS) is 21.1. The summed E-state index contributed by atoms with van der Waals surface area (Å²) in [5.41, 5.74) is 0.671. The molecular formula is C13H18BrNO4S. The van der Waals surface area contributed by atoms with Crippen molar-refractivity contribution < 1.29 is 18.3 Å². The zero-order valence-electron chi connectivity index (χ0n) is 11.3. The Labute approximate surface area is 127 Å². The van der Waals surface area contributed by atoms with Crippen LogP contribution in [0.15, 0.2) is 27.6 Å². The largest absolute Gasteiger partial charge is 0.392 e. The quantitative estimate of drug-likeness (QED) is 0.884. The number of rotatable bonds is 4. The van der Waals surface area contributed by atoms with Gasteiger partial charge in [0.2, 0.25) is 10.0 Å². The van der Waals surface area contributed by atoms with Gasteiger partial charge >= 0.3 is 0 Å². The molecule has 0 saturated carbocycles. The maximum atomic E-state index is 12.6. The third-order valence-corrected chi connectivity index (χ3v) is 6.20. The van der Waals surface area contributed by atoms with Crippen LogP contribution < -0.4 is 0 Å². The number of nitrogens with zero attached hydrogens (tertiary/aromatic N) is 1. The van der Waals surface area contributed by atoms with Crippen LogP contribution in [-0.2, 0) is 21.4 Å². The highest BCUT2D eigenvalue weighted by molar-refractivity contribution is 9.10. The summed E-state index contributed by atoms with van der Waals surface area (Å²) in [5, 5.41) is 9.07. The van der Waals surface area contributed by atoms with E-state index in [9.17, 15) is 8.42 Å². The molecule has 0 radical (unpaired) electrons. The summed E-state index contributed by atoms with van der Waals surface area (Å²) in [6.45, 7) is 3.03. The van der Waals surface area contributed by atoms with Crippen molar-refractivity contribution in [2.45, 2.75) is 31.0 Å². The van der Waals surface area contributed by atoms with Gasteiger partial charge in [-0.15, -0.1) is 0 Å². The number of hydrogen-bond donors (Lipinski definition) is 1. The van der Waals surface area contributed by atoms with Crippen molar-refractivity contribution in [1.29, 1.82) is 0 Å². The Balaban J connectivity index is 2.30. The fraction of sp³-hybridized carbons (Fsp3) is 0.538. The molecule has 0 amide bonds. The van der Waals surface area contributed by atoms with Gasteiger partial charge in [-0.1, -0.05) is 13.0 Å². The average Bonchev–Trinajstić information content (AvgIpc) is 2.46. The fourth-order valence-corrected chi connectivity index (χ4v) is 4.69. The van der Waals surface area contributed by atoms with Gasteiger partial charge in [0.1, 0.15) is 0 Å². The summed E-state index contributed by atoms with van der Waals surface area (Å²) in [7, 11) is -3.54. The molecule has 1 unspecified atom stereocenters. The summed E-state index contributed by atoms with van der Waals surface area (Å²) >= 11 is 3.27. The van der Waals surface area contributed by atoms with Gasteiger partial charge < -0.3 is 9.84 Å². The van der Waals surface area contributed by atoms with Crippen molar-refractivity contribution in [3.8, 4) is 0 Å². The van der Waals surface area contributed by atoms with Gasteiger partial charge in [-0.2, -0.15) is 4.31 Å². The lowest BCUT2D eigenvalue weighted by Crippen LogP contribution is -2.45. The van der Waals surface area contributed by atoms with E-state index >= 15 is 0 Å². The number of aliphatic hydroxyl groups excluding tert-OH is 1. The molecule has 1 fully saturated rings. The van der Waals surface area contributed by atoms with Crippen LogP contribution in [-0.4, -0.2) is 43.6 Å². The molecule has 0 spiro atoms. The molecule has 1 aromatic carbocycles. The van der Waals surface area contributed by atoms with E-state index in [-0.39, 0.29) is 17.6 Å². The summed E-state index contributed by atoms with van der Waals surface area (Å²) in [4.78, 5) is 0.228. The molecular weight excluding hydrogens is 346 g/mol. The maximum Gasteiger partial charge on any atom is 0.244 e. The minimum Gasteiger partial charge on any atom is -0.392 e. The van der Waals surface area contributed by atoms with Crippen molar-refractivity contribution >= 4 is 26.0 Å². The zero-order valence-corrected chi connectivity index (χ0v) is 13.7. The highest BCUT2D eigenvalue weighted by Crippen LogP contribution is 2.27. The van der Waals surface area contributed by atoms with Gasteiger partial charge in [0.15, 0.2) is 0 Å². The molecule has 2 rings (SSSR count). The molecule has 1 aliphatic rings. The van der Waals surface area contributed by atoms with E-state index in [4.69, 9.17) is 9.84 Å². The number of hydrogen-bond acceptors (Lipinski definition) is 4. The first-order valence-electron chi connectivity index (χ1n) is 6.50. The molecule has 20 heavy (non-hydrogen) atoms. The van der Waals surface area contributed by atoms with Crippen molar-refractivity contribution in [3.63, 3.8) is 0 Å². The van der Waals surface area contributed by atoms with E-state index < -0.39 is 10.0 Å². The van der Waals surface area contributed by atoms with Crippen molar-refractivity contribution in [3.05, 3.63) is 28.2 Å². The Kier molecular flexibility index (Phi) is 5.19. The van der Waals surface area contributed by atoms with Gasteiger partial charge in [-0.3, -0.25) is 0 Å². The fourth-order valence-electron chi connectivity index (χ4n) is 2.15. The minimum atomic E-state index is -3.54. The standard InChI is InChI=1S/C13H18BrNO4S/c1-2-11-8-15(5-6-19-11)20(17,18)13-4-3-10(9-16)7-12(13)14/h3-4,7,11,16H,2,5-6,8-9H2,1H3. The van der Waals surface area contributed by atoms with Crippen molar-refractivity contribution in [1.82, 2.24) is 4.31 Å². The lowest BCUT2D eigenvalue weighted by molar-refractivity contribution is -0.00279. The zero-order chi connectivity index (χ0) is 14.8. The molecule has 1 atom stereocenters. The highest BCUT2D eigenvalue weighted by Gasteiger charge is 2.31. The topological polar surface area (TPSA) is 66.8 Å². The molecule has 1 aromatic rings. The third kappa shape index (κ3) is 3.23. The molecule has 5 nitrogen and oxygen atoms in total. The van der Waals surface area contributed by atoms with E-state index in [2.05, 4.69) is 15.9 Å². The van der Waals surface area contributed by atoms with Crippen LogP contribution in [0.3, 0.4) is 0 Å². The number of benzene rings is 1. The monoisotopic (exact) mass is 363 g/mol. The molecule has 7 heteroatoms. The third-order valence-electron chi connectivity index (χ3n) is 3.35. The summed E-state index contributed by atoms with van der Waals surface area (Å²) in [6.07, 6.45) is 0.741. The Morgan fingerprint density at radius 1 is 1.50 bits per heavy atom. The molecule has 1 heterocycles. The van der Waals surface area contributed by atoms with Crippen LogP contribution in [0.1, 0.15) is 18.9 Å². The first-order chi connectivity index (χ1) is 9.48. The Morgan fingerprint density at radius 2 is 2.25 bits per heavy atom. The Morgan fingerprint density at radius 3 is 2.85 bits per heavy atom. The molecule has 1 saturated heterocycles. The second kappa shape index (κ2) is 6.53. The van der Waals surface area contributed by atoms with Crippen molar-refractivity contribution in [2.75, 3.05) is 19.7 Å². The lowest BCUT2D eigenvalue weighted by Gasteiger charge is -2.31. The predicted octanol–water partition coefficient (Wildman–Crippen LogP) is 1.74. The number of aliphatic hydroxyl groups is 1. The van der Waals surface area contributed by atoms with Crippen LogP contribution in [0.4, 0.5) is 0 Å². The van der Waals surface area contributed by atoms with Gasteiger partial charge in [0.25, 0.3) is 0 Å². The van der Waals surface area contributed by atoms with Gasteiger partial charge in [0, 0.05) is 17.6 Å². The Hall–Kier alpha value is -0.470. The number of morpholine rings is 1. The summed E-state index contributed by atoms with van der Waals surface area (Å²) < 4.78 is 32.7. The molecule has 1 N–H and O–H groups in total. The van der Waals surface area contributed by atoms with Gasteiger partial charge in [0.05, 0.1) is 24.2 Å². The van der Waals surface area contributed by atoms with Crippen molar-refractivity contribution in [2.24, 2.45) is 0 Å². The summed E-state index contributed by atoms with van der Waals surface area (Å²) in [5.74, 6) is 0. The average molecular weight is 364 g/mol. The Bertz CT molecular complexity index is 576. The number of sulfonamides is 1. The smallest absolute Gasteiger partial charge is 0.244 e. The first-order valence-corrected chi connectivity index (χ1v) is 8.73.